The zero-order chi connectivity index (χ0) is 4.28. The van der Waals surface area contributed by atoms with Gasteiger partial charge >= 0.3 is 5.97 Å². The zero-order valence-corrected chi connectivity index (χ0v) is 2.47. The third-order valence-electron chi connectivity index (χ3n) is 0.136. The minimum Gasteiger partial charge on any atom is -0.242 e. The molecule has 0 atom stereocenters. The molecule has 0 saturated heterocycles. The van der Waals surface area contributed by atoms with Crippen molar-refractivity contribution in [1.29, 1.82) is 0 Å². The molecule has 0 aliphatic rings. The van der Waals surface area contributed by atoms with Gasteiger partial charge in [0.2, 0.25) is 0 Å². The molecule has 0 aromatic carbocycles. The standard InChI is InChI=1S/C3H2O2/c1-2-3(4)5/h1-2H. The second-order valence-corrected chi connectivity index (χ2v) is 0.486. The highest BCUT2D eigenvalue weighted by Gasteiger charge is 1.79. The van der Waals surface area contributed by atoms with Crippen LogP contribution in [0.15, 0.2) is 6.08 Å². The van der Waals surface area contributed by atoms with Crippen molar-refractivity contribution >= 4 is 5.97 Å². The molecule has 0 heterocycles. The molecular weight excluding hydrogens is 68.0 g/mol. The van der Waals surface area contributed by atoms with E-state index in [4.69, 9.17) is 9.90 Å². The van der Waals surface area contributed by atoms with Crippen LogP contribution in [0.5, 0.6) is 0 Å². The first-order chi connectivity index (χ1) is 2.27. The van der Waals surface area contributed by atoms with E-state index in [2.05, 4.69) is 6.58 Å². The van der Waals surface area contributed by atoms with Crippen molar-refractivity contribution < 1.29 is 9.90 Å². The number of rotatable bonds is 1. The van der Waals surface area contributed by atoms with Gasteiger partial charge in [0.15, 0.2) is 0 Å². The van der Waals surface area contributed by atoms with E-state index in [1.807, 2.05) is 0 Å². The molecule has 0 N–H and O–H groups in total. The van der Waals surface area contributed by atoms with Crippen LogP contribution in [0.1, 0.15) is 0 Å². The van der Waals surface area contributed by atoms with E-state index in [1.54, 1.807) is 0 Å². The molecule has 5 heavy (non-hydrogen) atoms. The topological polar surface area (TPSA) is 37.0 Å². The summed E-state index contributed by atoms with van der Waals surface area (Å²) in [4.78, 5) is 9.08. The molecule has 0 bridgehead atoms. The maximum absolute atomic E-state index is 9.08. The molecule has 0 saturated carbocycles. The highest BCUT2D eigenvalue weighted by Crippen LogP contribution is 1.56. The van der Waals surface area contributed by atoms with Crippen LogP contribution < -0.4 is 0 Å². The Labute approximate surface area is 29.7 Å². The maximum Gasteiger partial charge on any atom is 0.379 e. The molecular formula is C3H2O2. The Morgan fingerprint density at radius 1 is 1.80 bits per heavy atom. The molecule has 0 unspecified atom stereocenters. The number of hydrogen-bond donors (Lipinski definition) is 0. The van der Waals surface area contributed by atoms with Crippen molar-refractivity contribution in [3.63, 3.8) is 0 Å². The summed E-state index contributed by atoms with van der Waals surface area (Å²) in [5.41, 5.74) is 0. The van der Waals surface area contributed by atoms with Crippen LogP contribution in [0.3, 0.4) is 0 Å². The van der Waals surface area contributed by atoms with Crippen molar-refractivity contribution in [2.75, 3.05) is 0 Å². The average Bonchev–Trinajstić information content (AvgIpc) is 1.38. The van der Waals surface area contributed by atoms with Gasteiger partial charge in [-0.2, -0.15) is 0 Å². The summed E-state index contributed by atoms with van der Waals surface area (Å²) >= 11 is 0. The zero-order valence-electron chi connectivity index (χ0n) is 2.47. The fourth-order valence-electron chi connectivity index (χ4n) is 0. The van der Waals surface area contributed by atoms with Gasteiger partial charge in [0.1, 0.15) is 0 Å². The van der Waals surface area contributed by atoms with E-state index in [0.717, 1.165) is 0 Å². The minimum atomic E-state index is -1.34. The van der Waals surface area contributed by atoms with Crippen molar-refractivity contribution in [2.45, 2.75) is 0 Å². The summed E-state index contributed by atoms with van der Waals surface area (Å²) in [5.74, 6) is -1.34. The number of hydrogen-bond acceptors (Lipinski definition) is 1. The molecule has 0 rings (SSSR count). The van der Waals surface area contributed by atoms with Crippen molar-refractivity contribution in [3.8, 4) is 0 Å². The Morgan fingerprint density at radius 3 is 2.00 bits per heavy atom. The lowest BCUT2D eigenvalue weighted by atomic mass is 10.7. The van der Waals surface area contributed by atoms with Gasteiger partial charge in [0.05, 0.1) is 0 Å². The van der Waals surface area contributed by atoms with E-state index < -0.39 is 5.97 Å². The SMILES string of the molecule is [CH]=CC([O])=O. The molecule has 2 radical (unpaired) electrons. The van der Waals surface area contributed by atoms with Gasteiger partial charge in [-0.25, -0.2) is 9.90 Å². The highest BCUT2D eigenvalue weighted by atomic mass is 16.4. The van der Waals surface area contributed by atoms with Crippen molar-refractivity contribution in [1.82, 2.24) is 0 Å². The Hall–Kier alpha value is -0.790. The van der Waals surface area contributed by atoms with Gasteiger partial charge in [0, 0.05) is 6.08 Å². The van der Waals surface area contributed by atoms with Crippen LogP contribution in [-0.2, 0) is 9.90 Å². The average molecular weight is 70.0 g/mol. The van der Waals surface area contributed by atoms with E-state index in [9.17, 15) is 0 Å². The normalized spacial score (nSPS) is 6.40. The third-order valence-corrected chi connectivity index (χ3v) is 0.136. The molecule has 0 spiro atoms. The van der Waals surface area contributed by atoms with E-state index in [0.29, 0.717) is 6.08 Å². The van der Waals surface area contributed by atoms with Gasteiger partial charge < -0.3 is 0 Å². The van der Waals surface area contributed by atoms with E-state index in [-0.39, 0.29) is 0 Å². The van der Waals surface area contributed by atoms with Crippen LogP contribution in [0.25, 0.3) is 0 Å². The van der Waals surface area contributed by atoms with Crippen LogP contribution in [-0.4, -0.2) is 5.97 Å². The smallest absolute Gasteiger partial charge is 0.242 e. The summed E-state index contributed by atoms with van der Waals surface area (Å²) in [7, 11) is 0. The molecule has 0 fully saturated rings. The third kappa shape index (κ3) is 3.21. The van der Waals surface area contributed by atoms with Gasteiger partial charge in [-0.1, -0.05) is 6.58 Å². The lowest BCUT2D eigenvalue weighted by Crippen LogP contribution is -1.78. The molecule has 0 aromatic rings. The van der Waals surface area contributed by atoms with Crippen LogP contribution >= 0.6 is 0 Å². The fraction of sp³-hybridized carbons (Fsp3) is 0. The Kier molecular flexibility index (Phi) is 1.28. The summed E-state index contributed by atoms with van der Waals surface area (Å²) in [6.45, 7) is 4.38. The fourth-order valence-corrected chi connectivity index (χ4v) is 0. The highest BCUT2D eigenvalue weighted by molar-refractivity contribution is 5.78. The lowest BCUT2D eigenvalue weighted by Gasteiger charge is -1.56. The van der Waals surface area contributed by atoms with E-state index >= 15 is 0 Å². The van der Waals surface area contributed by atoms with Crippen LogP contribution in [0, 0.1) is 6.58 Å². The van der Waals surface area contributed by atoms with Crippen molar-refractivity contribution in [3.05, 3.63) is 12.7 Å². The quantitative estimate of drug-likeness (QED) is 0.398. The first kappa shape index (κ1) is 4.21. The largest absolute Gasteiger partial charge is 0.379 e. The lowest BCUT2D eigenvalue weighted by molar-refractivity contribution is -0.137. The van der Waals surface area contributed by atoms with Gasteiger partial charge in [-0.15, -0.1) is 0 Å². The van der Waals surface area contributed by atoms with E-state index in [1.165, 1.54) is 0 Å². The molecule has 0 amide bonds. The Bertz CT molecular complexity index is 55.9. The summed E-state index contributed by atoms with van der Waals surface area (Å²) in [6, 6.07) is 0. The van der Waals surface area contributed by atoms with Gasteiger partial charge in [0.25, 0.3) is 0 Å². The number of carbonyl (C=O) groups is 1. The first-order valence-corrected chi connectivity index (χ1v) is 1.03. The monoisotopic (exact) mass is 70.0 g/mol. The molecule has 0 aliphatic carbocycles. The molecule has 26 valence electrons. The Morgan fingerprint density at radius 2 is 2.00 bits per heavy atom. The maximum atomic E-state index is 9.08. The molecule has 2 heteroatoms. The second-order valence-electron chi connectivity index (χ2n) is 0.486. The summed E-state index contributed by atoms with van der Waals surface area (Å²) in [5, 5.41) is 9.08. The minimum absolute atomic E-state index is 0.472. The second kappa shape index (κ2) is 1.52. The van der Waals surface area contributed by atoms with Gasteiger partial charge in [-0.3, -0.25) is 0 Å². The summed E-state index contributed by atoms with van der Waals surface area (Å²) in [6.07, 6.45) is 0.472. The molecule has 2 nitrogen and oxygen atoms in total. The number of carbonyl (C=O) groups excluding carboxylic acids is 1. The molecule has 0 aliphatic heterocycles. The van der Waals surface area contributed by atoms with Crippen molar-refractivity contribution in [2.24, 2.45) is 0 Å². The Balaban J connectivity index is 3.20. The predicted octanol–water partition coefficient (Wildman–Crippen LogP) is -0.0673. The van der Waals surface area contributed by atoms with Gasteiger partial charge in [-0.05, 0) is 0 Å². The van der Waals surface area contributed by atoms with Crippen LogP contribution in [0.4, 0.5) is 0 Å². The van der Waals surface area contributed by atoms with Crippen LogP contribution in [0.2, 0.25) is 0 Å². The summed E-state index contributed by atoms with van der Waals surface area (Å²) < 4.78 is 0. The predicted molar refractivity (Wildman–Crippen MR) is 14.6 cm³/mol. The first-order valence-electron chi connectivity index (χ1n) is 1.03. The molecule has 0 aromatic heterocycles.